The fourth-order valence-electron chi connectivity index (χ4n) is 4.91. The third kappa shape index (κ3) is 2.68. The number of methoxy groups -OCH3 is 1. The third-order valence-corrected chi connectivity index (χ3v) is 6.02. The van der Waals surface area contributed by atoms with Gasteiger partial charge in [-0.05, 0) is 35.8 Å². The Morgan fingerprint density at radius 3 is 2.40 bits per heavy atom. The molecule has 3 nitrogen and oxygen atoms in total. The lowest BCUT2D eigenvalue weighted by molar-refractivity contribution is -0.132. The summed E-state index contributed by atoms with van der Waals surface area (Å²) in [6.07, 6.45) is 5.86. The van der Waals surface area contributed by atoms with Gasteiger partial charge in [-0.25, -0.2) is 0 Å². The Bertz CT molecular complexity index is 755. The second-order valence-electron chi connectivity index (χ2n) is 8.67. The van der Waals surface area contributed by atoms with E-state index in [1.54, 1.807) is 7.11 Å². The van der Waals surface area contributed by atoms with Gasteiger partial charge in [0.2, 0.25) is 0 Å². The van der Waals surface area contributed by atoms with Crippen LogP contribution in [-0.2, 0) is 10.2 Å². The minimum absolute atomic E-state index is 0.0488. The summed E-state index contributed by atoms with van der Waals surface area (Å²) >= 11 is 0. The van der Waals surface area contributed by atoms with Crippen molar-refractivity contribution < 1.29 is 14.3 Å². The quantitative estimate of drug-likeness (QED) is 0.529. The molecule has 0 bridgehead atoms. The third-order valence-electron chi connectivity index (χ3n) is 6.02. The zero-order valence-electron chi connectivity index (χ0n) is 16.6. The van der Waals surface area contributed by atoms with Crippen molar-refractivity contribution in [3.63, 3.8) is 0 Å². The molecule has 1 atom stereocenters. The molecule has 25 heavy (non-hydrogen) atoms. The number of hydrogen-bond acceptors (Lipinski definition) is 3. The van der Waals surface area contributed by atoms with Crippen molar-refractivity contribution in [1.82, 2.24) is 0 Å². The predicted molar refractivity (Wildman–Crippen MR) is 101 cm³/mol. The molecule has 3 heteroatoms. The standard InChI is InChI=1S/C22H30O3/c1-13(2)16-11-15-12-17-21(4,5)9-8-10-22(17,6)18(15)20(24-7)19(16)25-14(3)23/h11-13H,8-10H2,1-7H3/t22-/m0/s1. The normalized spacial score (nSPS) is 23.8. The van der Waals surface area contributed by atoms with E-state index in [2.05, 4.69) is 46.8 Å². The molecule has 0 amide bonds. The van der Waals surface area contributed by atoms with Gasteiger partial charge in [-0.2, -0.15) is 0 Å². The minimum atomic E-state index is -0.305. The van der Waals surface area contributed by atoms with Gasteiger partial charge in [0, 0.05) is 23.5 Å². The number of allylic oxidation sites excluding steroid dienone is 1. The van der Waals surface area contributed by atoms with Crippen LogP contribution in [0.1, 0.15) is 83.4 Å². The highest BCUT2D eigenvalue weighted by Crippen LogP contribution is 2.61. The zero-order chi connectivity index (χ0) is 18.6. The molecule has 0 aromatic heterocycles. The molecule has 3 rings (SSSR count). The van der Waals surface area contributed by atoms with Crippen LogP contribution in [0.15, 0.2) is 11.6 Å². The van der Waals surface area contributed by atoms with Gasteiger partial charge < -0.3 is 9.47 Å². The molecule has 2 aliphatic rings. The lowest BCUT2D eigenvalue weighted by atomic mass is 9.60. The molecule has 136 valence electrons. The first-order valence-electron chi connectivity index (χ1n) is 9.28. The fraction of sp³-hybridized carbons (Fsp3) is 0.591. The first-order chi connectivity index (χ1) is 11.6. The van der Waals surface area contributed by atoms with Crippen LogP contribution in [0.3, 0.4) is 0 Å². The van der Waals surface area contributed by atoms with Gasteiger partial charge in [0.1, 0.15) is 0 Å². The Hall–Kier alpha value is -1.77. The Morgan fingerprint density at radius 2 is 1.84 bits per heavy atom. The molecule has 2 aliphatic carbocycles. The summed E-state index contributed by atoms with van der Waals surface area (Å²) in [5, 5.41) is 0. The Balaban J connectivity index is 2.30. The van der Waals surface area contributed by atoms with Crippen LogP contribution < -0.4 is 9.47 Å². The lowest BCUT2D eigenvalue weighted by Crippen LogP contribution is -2.35. The number of hydrogen-bond donors (Lipinski definition) is 0. The highest BCUT2D eigenvalue weighted by Gasteiger charge is 2.49. The predicted octanol–water partition coefficient (Wildman–Crippen LogP) is 5.61. The summed E-state index contributed by atoms with van der Waals surface area (Å²) in [4.78, 5) is 11.7. The number of fused-ring (bicyclic) bond motifs is 3. The highest BCUT2D eigenvalue weighted by atomic mass is 16.6. The molecule has 1 fully saturated rings. The van der Waals surface area contributed by atoms with Gasteiger partial charge in [-0.15, -0.1) is 0 Å². The van der Waals surface area contributed by atoms with E-state index in [0.29, 0.717) is 5.75 Å². The molecule has 0 spiro atoms. The van der Waals surface area contributed by atoms with E-state index in [1.807, 2.05) is 0 Å². The maximum atomic E-state index is 11.7. The van der Waals surface area contributed by atoms with E-state index in [9.17, 15) is 4.79 Å². The molecule has 0 heterocycles. The van der Waals surface area contributed by atoms with Crippen LogP contribution in [0, 0.1) is 5.41 Å². The highest BCUT2D eigenvalue weighted by molar-refractivity contribution is 5.80. The Morgan fingerprint density at radius 1 is 1.16 bits per heavy atom. The number of carbonyl (C=O) groups is 1. The van der Waals surface area contributed by atoms with Crippen LogP contribution in [0.4, 0.5) is 0 Å². The first-order valence-corrected chi connectivity index (χ1v) is 9.28. The zero-order valence-corrected chi connectivity index (χ0v) is 16.6. The maximum absolute atomic E-state index is 11.7. The number of benzene rings is 1. The lowest BCUT2D eigenvalue weighted by Gasteiger charge is -2.44. The number of ether oxygens (including phenoxy) is 2. The van der Waals surface area contributed by atoms with E-state index >= 15 is 0 Å². The average molecular weight is 342 g/mol. The van der Waals surface area contributed by atoms with Crippen molar-refractivity contribution in [2.75, 3.05) is 7.11 Å². The summed E-state index contributed by atoms with van der Waals surface area (Å²) in [5.74, 6) is 1.28. The van der Waals surface area contributed by atoms with Gasteiger partial charge in [0.15, 0.2) is 11.5 Å². The molecular formula is C22H30O3. The molecule has 0 unspecified atom stereocenters. The molecule has 0 radical (unpaired) electrons. The molecule has 0 aliphatic heterocycles. The SMILES string of the molecule is COc1c(OC(C)=O)c(C(C)C)cc2c1[C@@]1(C)CCCC(C)(C)C1=C2. The van der Waals surface area contributed by atoms with Gasteiger partial charge in [0.05, 0.1) is 7.11 Å². The van der Waals surface area contributed by atoms with Gasteiger partial charge in [-0.3, -0.25) is 4.79 Å². The van der Waals surface area contributed by atoms with E-state index in [0.717, 1.165) is 17.7 Å². The van der Waals surface area contributed by atoms with Gasteiger partial charge in [-0.1, -0.05) is 52.7 Å². The summed E-state index contributed by atoms with van der Waals surface area (Å²) in [7, 11) is 1.68. The smallest absolute Gasteiger partial charge is 0.308 e. The van der Waals surface area contributed by atoms with E-state index in [4.69, 9.17) is 9.47 Å². The topological polar surface area (TPSA) is 35.5 Å². The first kappa shape index (κ1) is 18.0. The summed E-state index contributed by atoms with van der Waals surface area (Å²) in [5.41, 5.74) is 5.06. The van der Waals surface area contributed by atoms with Crippen LogP contribution >= 0.6 is 0 Å². The Kier molecular flexibility index (Phi) is 4.25. The summed E-state index contributed by atoms with van der Waals surface area (Å²) < 4.78 is 11.5. The number of carbonyl (C=O) groups excluding carboxylic acids is 1. The van der Waals surface area contributed by atoms with Gasteiger partial charge >= 0.3 is 5.97 Å². The van der Waals surface area contributed by atoms with Crippen molar-refractivity contribution in [2.24, 2.45) is 5.41 Å². The largest absolute Gasteiger partial charge is 0.492 e. The second-order valence-corrected chi connectivity index (χ2v) is 8.67. The van der Waals surface area contributed by atoms with Crippen LogP contribution in [0.25, 0.3) is 6.08 Å². The molecule has 0 saturated heterocycles. The summed E-state index contributed by atoms with van der Waals surface area (Å²) in [6, 6.07) is 2.20. The average Bonchev–Trinajstić information content (AvgIpc) is 2.80. The van der Waals surface area contributed by atoms with Crippen molar-refractivity contribution in [3.8, 4) is 11.5 Å². The molecule has 1 aromatic carbocycles. The van der Waals surface area contributed by atoms with Crippen LogP contribution in [0.5, 0.6) is 11.5 Å². The number of rotatable bonds is 3. The van der Waals surface area contributed by atoms with Crippen LogP contribution in [-0.4, -0.2) is 13.1 Å². The van der Waals surface area contributed by atoms with Crippen LogP contribution in [0.2, 0.25) is 0 Å². The summed E-state index contributed by atoms with van der Waals surface area (Å²) in [6.45, 7) is 12.7. The monoisotopic (exact) mass is 342 g/mol. The fourth-order valence-corrected chi connectivity index (χ4v) is 4.91. The van der Waals surface area contributed by atoms with Crippen molar-refractivity contribution in [3.05, 3.63) is 28.3 Å². The Labute approximate surface area is 151 Å². The number of esters is 1. The minimum Gasteiger partial charge on any atom is -0.492 e. The molecular weight excluding hydrogens is 312 g/mol. The van der Waals surface area contributed by atoms with Crippen molar-refractivity contribution in [1.29, 1.82) is 0 Å². The van der Waals surface area contributed by atoms with E-state index < -0.39 is 0 Å². The molecule has 1 aromatic rings. The van der Waals surface area contributed by atoms with E-state index in [1.165, 1.54) is 36.5 Å². The molecule has 1 saturated carbocycles. The second kappa shape index (κ2) is 5.89. The maximum Gasteiger partial charge on any atom is 0.308 e. The van der Waals surface area contributed by atoms with Gasteiger partial charge in [0.25, 0.3) is 0 Å². The van der Waals surface area contributed by atoms with Crippen molar-refractivity contribution in [2.45, 2.75) is 72.1 Å². The van der Waals surface area contributed by atoms with E-state index in [-0.39, 0.29) is 22.7 Å². The van der Waals surface area contributed by atoms with Crippen molar-refractivity contribution >= 4 is 12.0 Å². The molecule has 0 N–H and O–H groups in total.